The molecule has 5 nitrogen and oxygen atoms in total. The number of aryl methyl sites for hydroxylation is 1. The topological polar surface area (TPSA) is 82.8 Å². The number of hydrogen-bond acceptors (Lipinski definition) is 4. The van der Waals surface area contributed by atoms with E-state index in [1.165, 1.54) is 0 Å². The molecule has 21 heavy (non-hydrogen) atoms. The molecule has 0 radical (unpaired) electrons. The number of amides is 2. The van der Waals surface area contributed by atoms with E-state index in [1.807, 2.05) is 19.1 Å². The fraction of sp³-hybridized carbons (Fsp3) is 0.250. The lowest BCUT2D eigenvalue weighted by Crippen LogP contribution is -2.39. The van der Waals surface area contributed by atoms with Gasteiger partial charge in [0.15, 0.2) is 0 Å². The van der Waals surface area contributed by atoms with Gasteiger partial charge in [0.05, 0.1) is 23.1 Å². The van der Waals surface area contributed by atoms with Gasteiger partial charge in [-0.15, -0.1) is 0 Å². The molecule has 0 spiro atoms. The van der Waals surface area contributed by atoms with Gasteiger partial charge in [-0.05, 0) is 37.1 Å². The maximum atomic E-state index is 12.0. The molecule has 1 aromatic heterocycles. The Bertz CT molecular complexity index is 805. The van der Waals surface area contributed by atoms with Crippen LogP contribution in [0.3, 0.4) is 0 Å². The van der Waals surface area contributed by atoms with Gasteiger partial charge < -0.3 is 0 Å². The fourth-order valence-electron chi connectivity index (χ4n) is 2.69. The van der Waals surface area contributed by atoms with Gasteiger partial charge in [-0.25, -0.2) is 0 Å². The lowest BCUT2D eigenvalue weighted by Gasteiger charge is -2.22. The normalized spacial score (nSPS) is 18.4. The number of piperidine rings is 1. The smallest absolute Gasteiger partial charge is 0.234 e. The number of carbonyl (C=O) groups is 2. The van der Waals surface area contributed by atoms with E-state index in [4.69, 9.17) is 5.26 Å². The number of nitrogens with one attached hydrogen (secondary N) is 1. The highest BCUT2D eigenvalue weighted by molar-refractivity contribution is 6.01. The average Bonchev–Trinajstić information content (AvgIpc) is 2.46. The zero-order valence-electron chi connectivity index (χ0n) is 11.5. The quantitative estimate of drug-likeness (QED) is 0.808. The minimum atomic E-state index is -0.338. The number of benzene rings is 1. The summed E-state index contributed by atoms with van der Waals surface area (Å²) in [5.41, 5.74) is 2.90. The van der Waals surface area contributed by atoms with Crippen molar-refractivity contribution in [1.29, 1.82) is 5.26 Å². The molecule has 0 saturated carbocycles. The van der Waals surface area contributed by atoms with Crippen LogP contribution in [-0.2, 0) is 9.59 Å². The van der Waals surface area contributed by atoms with Crippen molar-refractivity contribution >= 4 is 22.7 Å². The molecule has 1 saturated heterocycles. The van der Waals surface area contributed by atoms with Crippen LogP contribution >= 0.6 is 0 Å². The largest absolute Gasteiger partial charge is 0.296 e. The molecule has 1 atom stereocenters. The highest BCUT2D eigenvalue weighted by Crippen LogP contribution is 2.29. The number of rotatable bonds is 1. The van der Waals surface area contributed by atoms with Gasteiger partial charge in [0.2, 0.25) is 11.8 Å². The summed E-state index contributed by atoms with van der Waals surface area (Å²) in [7, 11) is 0. The second kappa shape index (κ2) is 4.98. The summed E-state index contributed by atoms with van der Waals surface area (Å²) in [6, 6.07) is 9.31. The van der Waals surface area contributed by atoms with Crippen molar-refractivity contribution in [2.45, 2.75) is 25.7 Å². The summed E-state index contributed by atoms with van der Waals surface area (Å²) in [4.78, 5) is 27.7. The summed E-state index contributed by atoms with van der Waals surface area (Å²) >= 11 is 0. The van der Waals surface area contributed by atoms with E-state index in [0.29, 0.717) is 18.4 Å². The third-order valence-electron chi connectivity index (χ3n) is 3.79. The van der Waals surface area contributed by atoms with Crippen molar-refractivity contribution < 1.29 is 9.59 Å². The predicted molar refractivity (Wildman–Crippen MR) is 76.3 cm³/mol. The van der Waals surface area contributed by atoms with Crippen LogP contribution < -0.4 is 5.32 Å². The van der Waals surface area contributed by atoms with E-state index < -0.39 is 0 Å². The SMILES string of the molecule is Cc1nc2cc(C#N)ccc2cc1C1CCC(=O)NC1=O. The highest BCUT2D eigenvalue weighted by Gasteiger charge is 2.29. The van der Waals surface area contributed by atoms with Gasteiger partial charge >= 0.3 is 0 Å². The Kier molecular flexibility index (Phi) is 3.15. The number of nitrogens with zero attached hydrogens (tertiary/aromatic N) is 2. The van der Waals surface area contributed by atoms with Gasteiger partial charge in [-0.2, -0.15) is 5.26 Å². The van der Waals surface area contributed by atoms with E-state index >= 15 is 0 Å². The van der Waals surface area contributed by atoms with Gasteiger partial charge in [-0.1, -0.05) is 6.07 Å². The molecule has 2 amide bonds. The number of imide groups is 1. The molecule has 1 unspecified atom stereocenters. The van der Waals surface area contributed by atoms with Crippen molar-refractivity contribution in [3.63, 3.8) is 0 Å². The first-order valence-corrected chi connectivity index (χ1v) is 6.73. The summed E-state index contributed by atoms with van der Waals surface area (Å²) in [6.07, 6.45) is 0.857. The van der Waals surface area contributed by atoms with E-state index in [2.05, 4.69) is 16.4 Å². The molecule has 1 aliphatic rings. The van der Waals surface area contributed by atoms with Crippen molar-refractivity contribution in [3.05, 3.63) is 41.1 Å². The van der Waals surface area contributed by atoms with Crippen molar-refractivity contribution in [2.24, 2.45) is 0 Å². The van der Waals surface area contributed by atoms with Gasteiger partial charge in [0.1, 0.15) is 0 Å². The van der Waals surface area contributed by atoms with Crippen LogP contribution in [0.4, 0.5) is 0 Å². The van der Waals surface area contributed by atoms with E-state index in [0.717, 1.165) is 22.2 Å². The lowest BCUT2D eigenvalue weighted by atomic mass is 9.89. The molecule has 1 N–H and O–H groups in total. The Labute approximate surface area is 121 Å². The molecule has 3 rings (SSSR count). The molecule has 1 aliphatic heterocycles. The van der Waals surface area contributed by atoms with Crippen LogP contribution in [0.15, 0.2) is 24.3 Å². The Hall–Kier alpha value is -2.74. The molecule has 2 heterocycles. The summed E-state index contributed by atoms with van der Waals surface area (Å²) < 4.78 is 0. The second-order valence-electron chi connectivity index (χ2n) is 5.19. The first-order chi connectivity index (χ1) is 10.1. The van der Waals surface area contributed by atoms with Gasteiger partial charge in [0.25, 0.3) is 0 Å². The van der Waals surface area contributed by atoms with Crippen molar-refractivity contribution in [2.75, 3.05) is 0 Å². The second-order valence-corrected chi connectivity index (χ2v) is 5.19. The number of fused-ring (bicyclic) bond motifs is 1. The van der Waals surface area contributed by atoms with E-state index in [-0.39, 0.29) is 17.7 Å². The molecule has 1 aromatic carbocycles. The minimum Gasteiger partial charge on any atom is -0.296 e. The van der Waals surface area contributed by atoms with E-state index in [9.17, 15) is 9.59 Å². The summed E-state index contributed by atoms with van der Waals surface area (Å²) in [5.74, 6) is -0.819. The monoisotopic (exact) mass is 279 g/mol. The van der Waals surface area contributed by atoms with Gasteiger partial charge in [-0.3, -0.25) is 19.9 Å². The lowest BCUT2D eigenvalue weighted by molar-refractivity contribution is -0.134. The Morgan fingerprint density at radius 3 is 2.86 bits per heavy atom. The van der Waals surface area contributed by atoms with Crippen LogP contribution in [0, 0.1) is 18.3 Å². The average molecular weight is 279 g/mol. The third-order valence-corrected chi connectivity index (χ3v) is 3.79. The maximum Gasteiger partial charge on any atom is 0.234 e. The first kappa shape index (κ1) is 13.3. The zero-order chi connectivity index (χ0) is 15.0. The van der Waals surface area contributed by atoms with Crippen molar-refractivity contribution in [1.82, 2.24) is 10.3 Å². The summed E-state index contributed by atoms with van der Waals surface area (Å²) in [5, 5.41) is 12.2. The highest BCUT2D eigenvalue weighted by atomic mass is 16.2. The van der Waals surface area contributed by atoms with Crippen LogP contribution in [0.2, 0.25) is 0 Å². The molecule has 0 aliphatic carbocycles. The number of nitriles is 1. The molecule has 2 aromatic rings. The van der Waals surface area contributed by atoms with Crippen LogP contribution in [0.1, 0.15) is 35.6 Å². The Balaban J connectivity index is 2.07. The standard InChI is InChI=1S/C16H13N3O2/c1-9-13(12-4-5-15(20)19-16(12)21)7-11-3-2-10(8-17)6-14(11)18-9/h2-3,6-7,12H,4-5H2,1H3,(H,19,20,21). The molecule has 1 fully saturated rings. The number of aromatic nitrogens is 1. The van der Waals surface area contributed by atoms with Crippen LogP contribution in [0.5, 0.6) is 0 Å². The number of pyridine rings is 1. The van der Waals surface area contributed by atoms with E-state index in [1.54, 1.807) is 12.1 Å². The first-order valence-electron chi connectivity index (χ1n) is 6.73. The fourth-order valence-corrected chi connectivity index (χ4v) is 2.69. The number of carbonyl (C=O) groups excluding carboxylic acids is 2. The van der Waals surface area contributed by atoms with Gasteiger partial charge in [0, 0.05) is 17.5 Å². The zero-order valence-corrected chi connectivity index (χ0v) is 11.5. The van der Waals surface area contributed by atoms with Crippen molar-refractivity contribution in [3.8, 4) is 6.07 Å². The maximum absolute atomic E-state index is 12.0. The molecule has 0 bridgehead atoms. The molecular weight excluding hydrogens is 266 g/mol. The van der Waals surface area contributed by atoms with Crippen LogP contribution in [-0.4, -0.2) is 16.8 Å². The van der Waals surface area contributed by atoms with Crippen LogP contribution in [0.25, 0.3) is 10.9 Å². The number of hydrogen-bond donors (Lipinski definition) is 1. The molecule has 5 heteroatoms. The molecular formula is C16H13N3O2. The minimum absolute atomic E-state index is 0.221. The predicted octanol–water partition coefficient (Wildman–Crippen LogP) is 1.94. The Morgan fingerprint density at radius 1 is 1.33 bits per heavy atom. The third kappa shape index (κ3) is 2.36. The molecule has 104 valence electrons. The Morgan fingerprint density at radius 2 is 2.14 bits per heavy atom. The summed E-state index contributed by atoms with van der Waals surface area (Å²) in [6.45, 7) is 1.84.